The minimum absolute atomic E-state index is 0.459. The minimum atomic E-state index is 0.459. The van der Waals surface area contributed by atoms with E-state index in [9.17, 15) is 4.79 Å². The monoisotopic (exact) mass is 293 g/mol. The van der Waals surface area contributed by atoms with Gasteiger partial charge in [0.2, 0.25) is 0 Å². The number of likely N-dealkylation sites (tertiary alicyclic amines) is 1. The van der Waals surface area contributed by atoms with Crippen molar-refractivity contribution in [2.45, 2.75) is 18.8 Å². The van der Waals surface area contributed by atoms with Crippen LogP contribution in [0.5, 0.6) is 0 Å². The number of carbonyl (C=O) groups is 1. The summed E-state index contributed by atoms with van der Waals surface area (Å²) in [6.07, 6.45) is 3.33. The van der Waals surface area contributed by atoms with Crippen molar-refractivity contribution in [2.24, 2.45) is 5.92 Å². The second-order valence-electron chi connectivity index (χ2n) is 6.10. The molecule has 0 unspecified atom stereocenters. The molecule has 1 aliphatic rings. The molecule has 0 N–H and O–H groups in total. The maximum atomic E-state index is 10.7. The van der Waals surface area contributed by atoms with E-state index in [1.165, 1.54) is 11.1 Å². The zero-order valence-electron chi connectivity index (χ0n) is 12.9. The van der Waals surface area contributed by atoms with Crippen molar-refractivity contribution in [2.75, 3.05) is 19.6 Å². The normalized spacial score (nSPS) is 16.8. The van der Waals surface area contributed by atoms with Gasteiger partial charge in [-0.1, -0.05) is 60.7 Å². The molecule has 0 aliphatic carbocycles. The van der Waals surface area contributed by atoms with E-state index in [4.69, 9.17) is 0 Å². The summed E-state index contributed by atoms with van der Waals surface area (Å²) >= 11 is 0. The Morgan fingerprint density at radius 3 is 1.86 bits per heavy atom. The van der Waals surface area contributed by atoms with Crippen LogP contribution in [-0.2, 0) is 4.79 Å². The van der Waals surface area contributed by atoms with Gasteiger partial charge >= 0.3 is 0 Å². The summed E-state index contributed by atoms with van der Waals surface area (Å²) in [6.45, 7) is 2.63. The lowest BCUT2D eigenvalue weighted by Gasteiger charge is -2.36. The summed E-state index contributed by atoms with van der Waals surface area (Å²) < 4.78 is 0. The molecule has 1 aliphatic heterocycles. The second kappa shape index (κ2) is 7.37. The van der Waals surface area contributed by atoms with E-state index in [0.717, 1.165) is 32.2 Å². The van der Waals surface area contributed by atoms with Crippen LogP contribution in [0.1, 0.15) is 29.9 Å². The Labute approximate surface area is 132 Å². The maximum Gasteiger partial charge on any atom is 0.133 e. The number of carbonyl (C=O) groups excluding carboxylic acids is 1. The average Bonchev–Trinajstić information content (AvgIpc) is 2.59. The summed E-state index contributed by atoms with van der Waals surface area (Å²) in [5.74, 6) is 1.11. The molecule has 0 aromatic heterocycles. The molecule has 0 radical (unpaired) electrons. The molecule has 2 nitrogen and oxygen atoms in total. The van der Waals surface area contributed by atoms with Crippen LogP contribution in [0.15, 0.2) is 60.7 Å². The Morgan fingerprint density at radius 1 is 0.909 bits per heavy atom. The van der Waals surface area contributed by atoms with Gasteiger partial charge in [0.25, 0.3) is 0 Å². The zero-order chi connectivity index (χ0) is 15.2. The molecule has 0 spiro atoms. The number of hydrogen-bond acceptors (Lipinski definition) is 2. The molecule has 0 atom stereocenters. The molecule has 2 aromatic rings. The Morgan fingerprint density at radius 2 is 1.41 bits per heavy atom. The molecule has 2 heteroatoms. The third kappa shape index (κ3) is 3.45. The molecular formula is C20H23NO. The summed E-state index contributed by atoms with van der Waals surface area (Å²) in [5, 5.41) is 0. The maximum absolute atomic E-state index is 10.7. The van der Waals surface area contributed by atoms with Gasteiger partial charge in [-0.2, -0.15) is 0 Å². The van der Waals surface area contributed by atoms with Crippen molar-refractivity contribution in [1.82, 2.24) is 4.90 Å². The van der Waals surface area contributed by atoms with Gasteiger partial charge in [0, 0.05) is 5.92 Å². The van der Waals surface area contributed by atoms with E-state index < -0.39 is 0 Å². The number of rotatable bonds is 5. The van der Waals surface area contributed by atoms with Crippen molar-refractivity contribution >= 4 is 6.29 Å². The van der Waals surface area contributed by atoms with Gasteiger partial charge in [-0.25, -0.2) is 0 Å². The van der Waals surface area contributed by atoms with E-state index in [1.807, 2.05) is 0 Å². The SMILES string of the molecule is O=CCN1CCC(C(c2ccccc2)c2ccccc2)CC1. The predicted octanol–water partition coefficient (Wildman–Crippen LogP) is 3.73. The minimum Gasteiger partial charge on any atom is -0.302 e. The van der Waals surface area contributed by atoms with E-state index in [1.54, 1.807) is 0 Å². The van der Waals surface area contributed by atoms with Crippen LogP contribution >= 0.6 is 0 Å². The van der Waals surface area contributed by atoms with Gasteiger partial charge in [0.05, 0.1) is 6.54 Å². The first-order chi connectivity index (χ1) is 10.9. The Bertz CT molecular complexity index is 534. The fraction of sp³-hybridized carbons (Fsp3) is 0.350. The van der Waals surface area contributed by atoms with Crippen LogP contribution in [0, 0.1) is 5.92 Å². The fourth-order valence-electron chi connectivity index (χ4n) is 3.63. The van der Waals surface area contributed by atoms with Gasteiger partial charge in [-0.3, -0.25) is 4.90 Å². The van der Waals surface area contributed by atoms with Crippen LogP contribution in [0.3, 0.4) is 0 Å². The molecule has 1 saturated heterocycles. The summed E-state index contributed by atoms with van der Waals surface area (Å²) in [7, 11) is 0. The first kappa shape index (κ1) is 15.0. The smallest absolute Gasteiger partial charge is 0.133 e. The molecule has 3 rings (SSSR count). The van der Waals surface area contributed by atoms with Crippen LogP contribution in [0.4, 0.5) is 0 Å². The van der Waals surface area contributed by atoms with Gasteiger partial charge in [0.15, 0.2) is 0 Å². The van der Waals surface area contributed by atoms with Gasteiger partial charge in [-0.05, 0) is 43.0 Å². The molecule has 0 amide bonds. The molecule has 0 saturated carbocycles. The van der Waals surface area contributed by atoms with E-state index in [2.05, 4.69) is 65.6 Å². The highest BCUT2D eigenvalue weighted by Crippen LogP contribution is 2.37. The largest absolute Gasteiger partial charge is 0.302 e. The number of nitrogens with zero attached hydrogens (tertiary/aromatic N) is 1. The highest BCUT2D eigenvalue weighted by molar-refractivity contribution is 5.52. The van der Waals surface area contributed by atoms with Gasteiger partial charge < -0.3 is 4.79 Å². The Hall–Kier alpha value is -1.93. The van der Waals surface area contributed by atoms with Gasteiger partial charge in [-0.15, -0.1) is 0 Å². The summed E-state index contributed by atoms with van der Waals surface area (Å²) in [4.78, 5) is 13.0. The molecule has 22 heavy (non-hydrogen) atoms. The van der Waals surface area contributed by atoms with Crippen molar-refractivity contribution in [3.05, 3.63) is 71.8 Å². The first-order valence-electron chi connectivity index (χ1n) is 8.14. The number of benzene rings is 2. The summed E-state index contributed by atoms with van der Waals surface area (Å²) in [5.41, 5.74) is 2.81. The van der Waals surface area contributed by atoms with Crippen molar-refractivity contribution < 1.29 is 4.79 Å². The number of aldehydes is 1. The quantitative estimate of drug-likeness (QED) is 0.783. The molecule has 2 aromatic carbocycles. The topological polar surface area (TPSA) is 20.3 Å². The Kier molecular flexibility index (Phi) is 5.02. The molecule has 1 fully saturated rings. The second-order valence-corrected chi connectivity index (χ2v) is 6.10. The standard InChI is InChI=1S/C20H23NO/c22-16-15-21-13-11-19(12-14-21)20(17-7-3-1-4-8-17)18-9-5-2-6-10-18/h1-10,16,19-20H,11-15H2. The predicted molar refractivity (Wildman–Crippen MR) is 90.0 cm³/mol. The molecule has 0 bridgehead atoms. The van der Waals surface area contributed by atoms with Crippen molar-refractivity contribution in [3.8, 4) is 0 Å². The third-order valence-electron chi connectivity index (χ3n) is 4.75. The number of piperidine rings is 1. The molecular weight excluding hydrogens is 270 g/mol. The Balaban J connectivity index is 1.83. The lowest BCUT2D eigenvalue weighted by molar-refractivity contribution is -0.109. The van der Waals surface area contributed by atoms with E-state index in [-0.39, 0.29) is 0 Å². The van der Waals surface area contributed by atoms with Crippen LogP contribution < -0.4 is 0 Å². The van der Waals surface area contributed by atoms with Crippen LogP contribution in [0.25, 0.3) is 0 Å². The molecule has 1 heterocycles. The number of hydrogen-bond donors (Lipinski definition) is 0. The van der Waals surface area contributed by atoms with E-state index >= 15 is 0 Å². The highest BCUT2D eigenvalue weighted by Gasteiger charge is 2.28. The highest BCUT2D eigenvalue weighted by atomic mass is 16.1. The van der Waals surface area contributed by atoms with E-state index in [0.29, 0.717) is 18.4 Å². The lowest BCUT2D eigenvalue weighted by atomic mass is 9.76. The average molecular weight is 293 g/mol. The van der Waals surface area contributed by atoms with Gasteiger partial charge in [0.1, 0.15) is 6.29 Å². The van der Waals surface area contributed by atoms with Crippen molar-refractivity contribution in [1.29, 1.82) is 0 Å². The zero-order valence-corrected chi connectivity index (χ0v) is 12.9. The van der Waals surface area contributed by atoms with Crippen LogP contribution in [-0.4, -0.2) is 30.8 Å². The summed E-state index contributed by atoms with van der Waals surface area (Å²) in [6, 6.07) is 21.7. The third-order valence-corrected chi connectivity index (χ3v) is 4.75. The van der Waals surface area contributed by atoms with Crippen molar-refractivity contribution in [3.63, 3.8) is 0 Å². The fourth-order valence-corrected chi connectivity index (χ4v) is 3.63. The molecule has 114 valence electrons. The first-order valence-corrected chi connectivity index (χ1v) is 8.14. The van der Waals surface area contributed by atoms with Crippen LogP contribution in [0.2, 0.25) is 0 Å². The lowest BCUT2D eigenvalue weighted by Crippen LogP contribution is -2.36.